The Morgan fingerprint density at radius 2 is 0.967 bits per heavy atom. The van der Waals surface area contributed by atoms with Crippen molar-refractivity contribution < 1.29 is 77.2 Å². The molecule has 0 aromatic carbocycles. The van der Waals surface area contributed by atoms with Crippen LogP contribution in [-0.2, 0) is 39.1 Å². The minimum atomic E-state index is -4.67. The van der Waals surface area contributed by atoms with Crippen LogP contribution in [-0.4, -0.2) is 54.2 Å². The van der Waals surface area contributed by atoms with Crippen molar-refractivity contribution in [3.05, 3.63) is 0 Å². The summed E-state index contributed by atoms with van der Waals surface area (Å²) in [6, 6.07) is 0. The molecular weight excluding hydrogens is 431 g/mol. The van der Waals surface area contributed by atoms with Crippen molar-refractivity contribution in [2.24, 2.45) is 0 Å². The van der Waals surface area contributed by atoms with E-state index in [4.69, 9.17) is 27.0 Å². The number of carbonyl (C=O) groups excluding carboxylic acids is 4. The molecule has 172 valence electrons. The fraction of sp³-hybridized carbons (Fsp3) is 0.778. The summed E-state index contributed by atoms with van der Waals surface area (Å²) >= 11 is 0. The summed E-state index contributed by atoms with van der Waals surface area (Å²) < 4.78 is 41.6. The van der Waals surface area contributed by atoms with Crippen molar-refractivity contribution in [1.29, 1.82) is 0 Å². The molecule has 10 nitrogen and oxygen atoms in total. The fourth-order valence-corrected chi connectivity index (χ4v) is 2.03. The van der Waals surface area contributed by atoms with Gasteiger partial charge in [0.15, 0.2) is 0 Å². The molecule has 0 saturated heterocycles. The summed E-state index contributed by atoms with van der Waals surface area (Å²) in [5.41, 5.74) is 0. The van der Waals surface area contributed by atoms with Gasteiger partial charge < -0.3 is 20.5 Å². The number of carbonyl (C=O) groups is 4. The number of hydrogen-bond acceptors (Lipinski definition) is 8. The van der Waals surface area contributed by atoms with Gasteiger partial charge in [-0.1, -0.05) is 0 Å². The number of hydrogen-bond donors (Lipinski definition) is 2. The number of esters is 2. The fourth-order valence-electron chi connectivity index (χ4n) is 2.03. The Morgan fingerprint density at radius 3 is 1.23 bits per heavy atom. The minimum Gasteiger partial charge on any atom is -1.00 e. The van der Waals surface area contributed by atoms with E-state index in [2.05, 4.69) is 0 Å². The zero-order chi connectivity index (χ0) is 22.7. The van der Waals surface area contributed by atoms with E-state index < -0.39 is 22.3 Å². The third-order valence-corrected chi connectivity index (χ3v) is 3.41. The van der Waals surface area contributed by atoms with Crippen LogP contribution < -0.4 is 29.6 Å². The van der Waals surface area contributed by atoms with E-state index in [9.17, 15) is 19.2 Å². The number of unbranched alkanes of at least 4 members (excludes halogenated alkanes) is 4. The Hall–Kier alpha value is -0.850. The average Bonchev–Trinajstić information content (AvgIpc) is 2.57. The summed E-state index contributed by atoms with van der Waals surface area (Å²) in [5.74, 6) is -0.464. The standard InChI is InChI=1S/C18H30O6.Na.H2O4S.H/c1-15(19)9-5-3-7-13-23-17(21)11-12-18(22)24-14-8-4-6-10-16(2)20;;1-5(2,3)4;/h3-14H2,1-2H3;;(H2,1,2,3,4);/q;+1;;-1. The Bertz CT molecular complexity index is 564. The van der Waals surface area contributed by atoms with Crippen LogP contribution >= 0.6 is 0 Å². The average molecular weight is 465 g/mol. The molecule has 12 heteroatoms. The van der Waals surface area contributed by atoms with Gasteiger partial charge in [0.05, 0.1) is 26.1 Å². The first-order valence-corrected chi connectivity index (χ1v) is 10.8. The van der Waals surface area contributed by atoms with E-state index in [0.29, 0.717) is 26.1 Å². The van der Waals surface area contributed by atoms with Crippen LogP contribution in [0.5, 0.6) is 0 Å². The third-order valence-electron chi connectivity index (χ3n) is 3.41. The van der Waals surface area contributed by atoms with Crippen molar-refractivity contribution in [2.45, 2.75) is 78.1 Å². The number of rotatable bonds is 15. The monoisotopic (exact) mass is 464 g/mol. The SMILES string of the molecule is CC(=O)CCCCCOC(=O)CCC(=O)OCCCCCC(C)=O.O=S(=O)(O)O.[H-].[Na+]. The quantitative estimate of drug-likeness (QED) is 0.141. The van der Waals surface area contributed by atoms with E-state index in [-0.39, 0.29) is 55.4 Å². The number of ketones is 2. The molecule has 0 radical (unpaired) electrons. The predicted molar refractivity (Wildman–Crippen MR) is 105 cm³/mol. The molecule has 0 atom stereocenters. The van der Waals surface area contributed by atoms with Gasteiger partial charge in [-0.15, -0.1) is 0 Å². The van der Waals surface area contributed by atoms with E-state index in [1.165, 1.54) is 0 Å². The molecule has 0 bridgehead atoms. The molecule has 0 amide bonds. The van der Waals surface area contributed by atoms with Crippen LogP contribution in [0.1, 0.15) is 79.5 Å². The van der Waals surface area contributed by atoms with Crippen LogP contribution in [0.3, 0.4) is 0 Å². The molecule has 0 aliphatic heterocycles. The molecule has 0 aromatic rings. The first-order chi connectivity index (χ1) is 13.4. The largest absolute Gasteiger partial charge is 1.00 e. The van der Waals surface area contributed by atoms with E-state index in [1.54, 1.807) is 13.8 Å². The van der Waals surface area contributed by atoms with Gasteiger partial charge in [-0.3, -0.25) is 18.7 Å². The Labute approximate surface area is 201 Å². The molecule has 0 fully saturated rings. The summed E-state index contributed by atoms with van der Waals surface area (Å²) in [7, 11) is -4.67. The molecule has 0 heterocycles. The van der Waals surface area contributed by atoms with E-state index in [0.717, 1.165) is 38.5 Å². The van der Waals surface area contributed by atoms with Crippen molar-refractivity contribution in [3.8, 4) is 0 Å². The maximum absolute atomic E-state index is 11.5. The second-order valence-electron chi connectivity index (χ2n) is 6.41. The molecule has 30 heavy (non-hydrogen) atoms. The first-order valence-electron chi connectivity index (χ1n) is 9.41. The molecule has 0 spiro atoms. The van der Waals surface area contributed by atoms with Crippen molar-refractivity contribution >= 4 is 33.9 Å². The summed E-state index contributed by atoms with van der Waals surface area (Å²) in [5, 5.41) is 0. The summed E-state index contributed by atoms with van der Waals surface area (Å²) in [4.78, 5) is 44.4. The third kappa shape index (κ3) is 37.8. The van der Waals surface area contributed by atoms with Gasteiger partial charge in [0.2, 0.25) is 0 Å². The second-order valence-corrected chi connectivity index (χ2v) is 7.31. The van der Waals surface area contributed by atoms with Crippen LogP contribution in [0.25, 0.3) is 0 Å². The smallest absolute Gasteiger partial charge is 1.00 e. The molecule has 0 rings (SSSR count). The number of ether oxygens (including phenoxy) is 2. The van der Waals surface area contributed by atoms with Crippen LogP contribution in [0.4, 0.5) is 0 Å². The van der Waals surface area contributed by atoms with Crippen LogP contribution in [0.2, 0.25) is 0 Å². The van der Waals surface area contributed by atoms with Crippen LogP contribution in [0.15, 0.2) is 0 Å². The molecule has 0 aliphatic carbocycles. The molecule has 2 N–H and O–H groups in total. The van der Waals surface area contributed by atoms with Crippen molar-refractivity contribution in [3.63, 3.8) is 0 Å². The summed E-state index contributed by atoms with van der Waals surface area (Å²) in [6.07, 6.45) is 5.94. The van der Waals surface area contributed by atoms with Gasteiger partial charge in [0.1, 0.15) is 11.6 Å². The normalized spacial score (nSPS) is 10.1. The Kier molecular flexibility index (Phi) is 24.1. The van der Waals surface area contributed by atoms with Gasteiger partial charge in [0, 0.05) is 12.8 Å². The molecule has 0 unspecified atom stereocenters. The van der Waals surface area contributed by atoms with Gasteiger partial charge in [-0.2, -0.15) is 8.42 Å². The maximum atomic E-state index is 11.5. The Balaban J connectivity index is -0.000000464. The van der Waals surface area contributed by atoms with Crippen molar-refractivity contribution in [2.75, 3.05) is 13.2 Å². The van der Waals surface area contributed by atoms with Gasteiger partial charge in [-0.25, -0.2) is 0 Å². The molecule has 0 aromatic heterocycles. The van der Waals surface area contributed by atoms with Gasteiger partial charge >= 0.3 is 51.9 Å². The maximum Gasteiger partial charge on any atom is 1.00 e. The molecule has 0 saturated carbocycles. The van der Waals surface area contributed by atoms with Gasteiger partial charge in [0.25, 0.3) is 0 Å². The Morgan fingerprint density at radius 1 is 0.667 bits per heavy atom. The predicted octanol–water partition coefficient (Wildman–Crippen LogP) is -0.384. The second kappa shape index (κ2) is 21.4. The topological polar surface area (TPSA) is 161 Å². The first kappa shape index (κ1) is 33.8. The minimum absolute atomic E-state index is 0. The molecule has 0 aliphatic rings. The van der Waals surface area contributed by atoms with Crippen LogP contribution in [0, 0.1) is 0 Å². The van der Waals surface area contributed by atoms with Crippen molar-refractivity contribution in [1.82, 2.24) is 0 Å². The van der Waals surface area contributed by atoms with Gasteiger partial charge in [-0.05, 0) is 52.4 Å². The van der Waals surface area contributed by atoms with E-state index in [1.807, 2.05) is 0 Å². The number of Topliss-reactive ketones (excluding diaryl/α,β-unsaturated/α-hetero) is 2. The van der Waals surface area contributed by atoms with E-state index >= 15 is 0 Å². The molecular formula is C18H33NaO10S. The zero-order valence-electron chi connectivity index (χ0n) is 19.1. The summed E-state index contributed by atoms with van der Waals surface area (Å²) in [6.45, 7) is 3.76. The zero-order valence-corrected chi connectivity index (χ0v) is 20.9.